The van der Waals surface area contributed by atoms with Crippen LogP contribution in [0.3, 0.4) is 0 Å². The van der Waals surface area contributed by atoms with Gasteiger partial charge in [-0.3, -0.25) is 0 Å². The van der Waals surface area contributed by atoms with E-state index in [1.807, 2.05) is 0 Å². The van der Waals surface area contributed by atoms with Gasteiger partial charge in [0, 0.05) is 5.92 Å². The number of hydrogen-bond acceptors (Lipinski definition) is 0. The Morgan fingerprint density at radius 2 is 1.54 bits per heavy atom. The van der Waals surface area contributed by atoms with Crippen LogP contribution in [0.5, 0.6) is 0 Å². The van der Waals surface area contributed by atoms with E-state index in [1.165, 1.54) is 122 Å². The quantitative estimate of drug-likeness (QED) is 0.180. The van der Waals surface area contributed by atoms with Crippen molar-refractivity contribution < 1.29 is 0 Å². The van der Waals surface area contributed by atoms with E-state index in [0.29, 0.717) is 17.8 Å². The zero-order valence-electron chi connectivity index (χ0n) is 30.0. The van der Waals surface area contributed by atoms with Crippen LogP contribution in [0.1, 0.15) is 91.2 Å². The molecule has 7 aliphatic rings. The summed E-state index contributed by atoms with van der Waals surface area (Å²) in [4.78, 5) is 0. The lowest BCUT2D eigenvalue weighted by molar-refractivity contribution is 0.367. The number of rotatable bonds is 3. The van der Waals surface area contributed by atoms with Crippen molar-refractivity contribution in [2.24, 2.45) is 17.8 Å². The van der Waals surface area contributed by atoms with Gasteiger partial charge < -0.3 is 0 Å². The number of hydrogen-bond donors (Lipinski definition) is 0. The Kier molecular flexibility index (Phi) is 6.42. The maximum absolute atomic E-state index is 2.65. The molecule has 12 rings (SSSR count). The van der Waals surface area contributed by atoms with Gasteiger partial charge in [0.15, 0.2) is 0 Å². The molecule has 0 aliphatic heterocycles. The van der Waals surface area contributed by atoms with Gasteiger partial charge >= 0.3 is 0 Å². The van der Waals surface area contributed by atoms with Crippen molar-refractivity contribution in [2.75, 3.05) is 0 Å². The molecule has 1 saturated carbocycles. The van der Waals surface area contributed by atoms with E-state index >= 15 is 0 Å². The van der Waals surface area contributed by atoms with Crippen LogP contribution in [0.2, 0.25) is 0 Å². The summed E-state index contributed by atoms with van der Waals surface area (Å²) in [7, 11) is 0. The third kappa shape index (κ3) is 4.27. The van der Waals surface area contributed by atoms with Gasteiger partial charge in [-0.1, -0.05) is 126 Å². The van der Waals surface area contributed by atoms with Gasteiger partial charge in [-0.25, -0.2) is 0 Å². The molecule has 0 spiro atoms. The first kappa shape index (κ1) is 29.6. The second kappa shape index (κ2) is 11.3. The lowest BCUT2D eigenvalue weighted by Gasteiger charge is -2.42. The Hall–Kier alpha value is -4.94. The third-order valence-electron chi connectivity index (χ3n) is 14.2. The van der Waals surface area contributed by atoms with Crippen molar-refractivity contribution in [1.29, 1.82) is 0 Å². The molecule has 52 heavy (non-hydrogen) atoms. The summed E-state index contributed by atoms with van der Waals surface area (Å²) in [6, 6.07) is 28.7. The normalized spacial score (nSPS) is 24.0. The van der Waals surface area contributed by atoms with Crippen molar-refractivity contribution in [3.63, 3.8) is 0 Å². The van der Waals surface area contributed by atoms with Crippen molar-refractivity contribution in [2.45, 2.75) is 70.6 Å². The summed E-state index contributed by atoms with van der Waals surface area (Å²) in [5.41, 5.74) is 18.6. The Bertz CT molecular complexity index is 2770. The fraction of sp³-hybridized carbons (Fsp3) is 0.269. The van der Waals surface area contributed by atoms with Crippen molar-refractivity contribution in [3.8, 4) is 0 Å². The van der Waals surface area contributed by atoms with E-state index in [-0.39, 0.29) is 0 Å². The van der Waals surface area contributed by atoms with Gasteiger partial charge in [0.1, 0.15) is 0 Å². The molecule has 0 radical (unpaired) electrons. The highest BCUT2D eigenvalue weighted by molar-refractivity contribution is 6.15. The maximum atomic E-state index is 2.65. The van der Waals surface area contributed by atoms with Crippen LogP contribution in [0, 0.1) is 17.8 Å². The monoisotopic (exact) mass is 668 g/mol. The van der Waals surface area contributed by atoms with Crippen LogP contribution < -0.4 is 15.7 Å². The predicted molar refractivity (Wildman–Crippen MR) is 220 cm³/mol. The molecule has 3 atom stereocenters. The topological polar surface area (TPSA) is 0 Å². The zero-order chi connectivity index (χ0) is 33.9. The van der Waals surface area contributed by atoms with Crippen molar-refractivity contribution in [3.05, 3.63) is 163 Å². The van der Waals surface area contributed by atoms with E-state index in [9.17, 15) is 0 Å². The Morgan fingerprint density at radius 3 is 2.54 bits per heavy atom. The fourth-order valence-electron chi connectivity index (χ4n) is 11.8. The molecular weight excluding hydrogens is 625 g/mol. The van der Waals surface area contributed by atoms with E-state index in [1.54, 1.807) is 33.1 Å². The molecule has 7 aliphatic carbocycles. The minimum Gasteiger partial charge on any atom is -0.0839 e. The minimum absolute atomic E-state index is 0.528. The number of benzene rings is 5. The SMILES string of the molecule is C1=CC2=C(C=C(c3ccc4ccc5c6c(ccc3c46)CCC=5c3ccc4c5c3=CCC3CCC(C6=Cc7ccccc7CC6)C(C=C4)C=53)CC2)CC1. The number of fused-ring (bicyclic) bond motifs is 1. The van der Waals surface area contributed by atoms with Crippen LogP contribution in [-0.4, -0.2) is 0 Å². The summed E-state index contributed by atoms with van der Waals surface area (Å²) in [6.45, 7) is 0. The maximum Gasteiger partial charge on any atom is 0.00580 e. The molecule has 5 aromatic carbocycles. The molecule has 3 unspecified atom stereocenters. The standard InChI is InChI=1S/C52H44/c1-3-7-37-29-39(11-9-31(37)5-1)41-21-13-33-19-27-47-43(23-15-35-17-25-45(41)49(33)51(35)47)44-24-16-36-18-26-46-42(22-14-34-20-28-48(44)52(36)50(34)46)40-12-10-32-6-2-4-8-38(32)30-40/h1-3,5-7,14-15,17-18,20,22-23,25-30,33,41,45H,4,8-13,16,19,21,24H2. The summed E-state index contributed by atoms with van der Waals surface area (Å²) >= 11 is 0. The van der Waals surface area contributed by atoms with Gasteiger partial charge in [0.05, 0.1) is 0 Å². The molecule has 0 saturated heterocycles. The van der Waals surface area contributed by atoms with E-state index in [2.05, 4.69) is 115 Å². The summed E-state index contributed by atoms with van der Waals surface area (Å²) in [6.07, 6.45) is 30.7. The minimum atomic E-state index is 0.528. The van der Waals surface area contributed by atoms with Gasteiger partial charge in [-0.05, 0) is 175 Å². The fourth-order valence-corrected chi connectivity index (χ4v) is 11.8. The van der Waals surface area contributed by atoms with Crippen molar-refractivity contribution in [1.82, 2.24) is 0 Å². The molecule has 0 amide bonds. The van der Waals surface area contributed by atoms with Crippen LogP contribution in [0.15, 0.2) is 114 Å². The highest BCUT2D eigenvalue weighted by Crippen LogP contribution is 2.49. The molecule has 0 heterocycles. The Morgan fingerprint density at radius 1 is 0.615 bits per heavy atom. The van der Waals surface area contributed by atoms with Gasteiger partial charge in [0.25, 0.3) is 0 Å². The molecule has 252 valence electrons. The smallest absolute Gasteiger partial charge is 0.00580 e. The average molecular weight is 669 g/mol. The molecule has 0 bridgehead atoms. The molecule has 5 aromatic rings. The van der Waals surface area contributed by atoms with Gasteiger partial charge in [0.2, 0.25) is 0 Å². The van der Waals surface area contributed by atoms with Crippen LogP contribution in [0.4, 0.5) is 0 Å². The largest absolute Gasteiger partial charge is 0.0839 e. The molecule has 0 nitrogen and oxygen atoms in total. The van der Waals surface area contributed by atoms with Crippen molar-refractivity contribution >= 4 is 56.5 Å². The van der Waals surface area contributed by atoms with E-state index < -0.39 is 0 Å². The first-order valence-electron chi connectivity index (χ1n) is 20.2. The molecular formula is C52H44. The first-order valence-corrected chi connectivity index (χ1v) is 20.2. The summed E-state index contributed by atoms with van der Waals surface area (Å²) in [5, 5.41) is 10.4. The lowest BCUT2D eigenvalue weighted by Crippen LogP contribution is -2.44. The Labute approximate surface area is 306 Å². The predicted octanol–water partition coefficient (Wildman–Crippen LogP) is 10.7. The average Bonchev–Trinajstić information content (AvgIpc) is 3.21. The second-order valence-electron chi connectivity index (χ2n) is 16.7. The Balaban J connectivity index is 1.04. The zero-order valence-corrected chi connectivity index (χ0v) is 30.0. The van der Waals surface area contributed by atoms with Gasteiger partial charge in [-0.15, -0.1) is 0 Å². The molecule has 0 N–H and O–H groups in total. The van der Waals surface area contributed by atoms with E-state index in [0.717, 1.165) is 19.3 Å². The molecule has 0 aromatic heterocycles. The summed E-state index contributed by atoms with van der Waals surface area (Å²) in [5.74, 6) is 1.83. The van der Waals surface area contributed by atoms with Crippen LogP contribution in [-0.2, 0) is 12.8 Å². The molecule has 1 fully saturated rings. The number of allylic oxidation sites excluding steroid dienone is 8. The summed E-state index contributed by atoms with van der Waals surface area (Å²) < 4.78 is 0. The first-order chi connectivity index (χ1) is 25.8. The number of aryl methyl sites for hydroxylation is 2. The van der Waals surface area contributed by atoms with Crippen LogP contribution in [0.25, 0.3) is 56.5 Å². The lowest BCUT2D eigenvalue weighted by atomic mass is 9.62. The van der Waals surface area contributed by atoms with Gasteiger partial charge in [-0.2, -0.15) is 0 Å². The molecule has 0 heteroatoms. The van der Waals surface area contributed by atoms with E-state index in [4.69, 9.17) is 0 Å². The van der Waals surface area contributed by atoms with Crippen LogP contribution >= 0.6 is 0 Å². The highest BCUT2D eigenvalue weighted by atomic mass is 14.4. The third-order valence-corrected chi connectivity index (χ3v) is 14.2. The highest BCUT2D eigenvalue weighted by Gasteiger charge is 2.38. The second-order valence-corrected chi connectivity index (χ2v) is 16.7.